The van der Waals surface area contributed by atoms with Gasteiger partial charge >= 0.3 is 0 Å². The maximum Gasteiger partial charge on any atom is 0.252 e. The predicted octanol–water partition coefficient (Wildman–Crippen LogP) is 21.6. The second-order valence-corrected chi connectivity index (χ2v) is 36.0. The highest BCUT2D eigenvalue weighted by Crippen LogP contribution is 2.64. The highest BCUT2D eigenvalue weighted by molar-refractivity contribution is 7.00. The van der Waals surface area contributed by atoms with Crippen molar-refractivity contribution in [3.63, 3.8) is 0 Å². The Hall–Kier alpha value is -6.78. The first-order valence-electron chi connectivity index (χ1n) is 34.5. The standard InChI is InChI=1S/C86H100BN3/c1-52-39-60-63(82(14,15)49-79(60,8)9)46-71(52)89-73-48-65-62(81(12,13)51-84(65,18)19)45-68(73)87-67-44-61-64(83(16,17)50-80(61,10)11)47-72(67)88(69-36-34-57(78(5,6)7)41-59(69)54-27-23-22-24-28-54)74-42-58(43-75(89)76(74)87)90-70-35-31-55(53-29-32-56(33-30-53)77(2,3)4)40-66(70)85(20)37-25-26-38-86(85,90)21/h22-24,27-36,39-48H,25-26,37-38,49-51H2,1-21H3. The lowest BCUT2D eigenvalue weighted by atomic mass is 9.33. The van der Waals surface area contributed by atoms with Gasteiger partial charge in [-0.3, -0.25) is 0 Å². The number of anilines is 8. The average molecular weight is 1190 g/mol. The first kappa shape index (κ1) is 59.5. The van der Waals surface area contributed by atoms with Crippen molar-refractivity contribution in [2.75, 3.05) is 14.7 Å². The van der Waals surface area contributed by atoms with E-state index in [9.17, 15) is 0 Å². The quantitative estimate of drug-likeness (QED) is 0.159. The van der Waals surface area contributed by atoms with Gasteiger partial charge in [0.15, 0.2) is 0 Å². The Labute approximate surface area is 542 Å². The van der Waals surface area contributed by atoms with Crippen LogP contribution in [0.1, 0.15) is 239 Å². The van der Waals surface area contributed by atoms with Crippen molar-refractivity contribution in [2.45, 2.75) is 245 Å². The zero-order chi connectivity index (χ0) is 64.0. The zero-order valence-corrected chi connectivity index (χ0v) is 58.6. The van der Waals surface area contributed by atoms with Crippen LogP contribution in [-0.2, 0) is 48.7 Å². The van der Waals surface area contributed by atoms with Gasteiger partial charge in [-0.25, -0.2) is 0 Å². The molecule has 1 saturated carbocycles. The molecule has 7 aliphatic rings. The van der Waals surface area contributed by atoms with Crippen LogP contribution in [0.2, 0.25) is 0 Å². The lowest BCUT2D eigenvalue weighted by Crippen LogP contribution is -2.62. The van der Waals surface area contributed by atoms with Crippen LogP contribution in [0, 0.1) is 6.92 Å². The number of benzene rings is 8. The summed E-state index contributed by atoms with van der Waals surface area (Å²) >= 11 is 0. The fourth-order valence-corrected chi connectivity index (χ4v) is 20.4. The monoisotopic (exact) mass is 1190 g/mol. The summed E-state index contributed by atoms with van der Waals surface area (Å²) in [5.41, 5.74) is 34.1. The van der Waals surface area contributed by atoms with Crippen molar-refractivity contribution in [1.82, 2.24) is 0 Å². The molecule has 0 aromatic heterocycles. The van der Waals surface area contributed by atoms with Gasteiger partial charge in [0.05, 0.1) is 11.2 Å². The Balaban J connectivity index is 1.10. The molecule has 1 fully saturated rings. The molecule has 0 saturated heterocycles. The lowest BCUT2D eigenvalue weighted by molar-refractivity contribution is 0.195. The zero-order valence-electron chi connectivity index (χ0n) is 58.6. The molecular weight excluding hydrogens is 1090 g/mol. The summed E-state index contributed by atoms with van der Waals surface area (Å²) in [5.74, 6) is 0. The summed E-state index contributed by atoms with van der Waals surface area (Å²) in [4.78, 5) is 8.53. The van der Waals surface area contributed by atoms with Crippen molar-refractivity contribution in [1.29, 1.82) is 0 Å². The number of hydrogen-bond acceptors (Lipinski definition) is 3. The summed E-state index contributed by atoms with van der Waals surface area (Å²) in [6.45, 7) is 51.9. The third-order valence-electron chi connectivity index (χ3n) is 24.6. The Morgan fingerprint density at radius 1 is 0.367 bits per heavy atom. The number of nitrogens with zero attached hydrogens (tertiary/aromatic N) is 3. The highest BCUT2D eigenvalue weighted by atomic mass is 15.3. The first-order chi connectivity index (χ1) is 42.0. The number of hydrogen-bond donors (Lipinski definition) is 0. The second kappa shape index (κ2) is 18.7. The molecule has 0 N–H and O–H groups in total. The lowest BCUT2D eigenvalue weighted by Gasteiger charge is -2.51. The Kier molecular flexibility index (Phi) is 12.4. The molecule has 90 heavy (non-hydrogen) atoms. The molecule has 0 spiro atoms. The van der Waals surface area contributed by atoms with Crippen LogP contribution in [-0.4, -0.2) is 12.3 Å². The molecular formula is C86H100BN3. The van der Waals surface area contributed by atoms with Crippen LogP contribution < -0.4 is 31.1 Å². The van der Waals surface area contributed by atoms with Crippen LogP contribution in [0.25, 0.3) is 22.3 Å². The van der Waals surface area contributed by atoms with Crippen molar-refractivity contribution >= 4 is 68.6 Å². The highest BCUT2D eigenvalue weighted by Gasteiger charge is 2.59. The van der Waals surface area contributed by atoms with Gasteiger partial charge < -0.3 is 14.7 Å². The van der Waals surface area contributed by atoms with Crippen LogP contribution >= 0.6 is 0 Å². The van der Waals surface area contributed by atoms with E-state index in [2.05, 4.69) is 300 Å². The van der Waals surface area contributed by atoms with E-state index >= 15 is 0 Å². The summed E-state index contributed by atoms with van der Waals surface area (Å²) in [6, 6.07) is 57.5. The minimum absolute atomic E-state index is 0.00139. The summed E-state index contributed by atoms with van der Waals surface area (Å²) in [6.07, 6.45) is 8.01. The molecule has 2 unspecified atom stereocenters. The van der Waals surface area contributed by atoms with Crippen LogP contribution in [0.15, 0.2) is 140 Å². The fraction of sp³-hybridized carbons (Fsp3) is 0.442. The molecule has 15 rings (SSSR count). The van der Waals surface area contributed by atoms with Gasteiger partial charge in [-0.15, -0.1) is 0 Å². The van der Waals surface area contributed by atoms with E-state index < -0.39 is 0 Å². The molecule has 4 aliphatic carbocycles. The molecule has 0 amide bonds. The number of aryl methyl sites for hydroxylation is 1. The normalized spacial score (nSPS) is 22.9. The van der Waals surface area contributed by atoms with Gasteiger partial charge in [-0.2, -0.15) is 0 Å². The third kappa shape index (κ3) is 8.42. The topological polar surface area (TPSA) is 9.72 Å². The summed E-state index contributed by atoms with van der Waals surface area (Å²) < 4.78 is 0. The largest absolute Gasteiger partial charge is 0.334 e. The Bertz CT molecular complexity index is 4360. The SMILES string of the molecule is Cc1cc2c(cc1N1c3cc4c(cc3B3c5cc6c(cc5N(c5ccc(C(C)(C)C)cc5-c5ccccc5)c5cc(N7c8ccc(-c9ccc(C(C)(C)C)cc9)cc8C8(C)CCCCC78C)cc1c53)C(C)(C)CC6(C)C)C(C)(C)CC4(C)C)C(C)(C)CC2(C)C. The van der Waals surface area contributed by atoms with Gasteiger partial charge in [0.25, 0.3) is 6.71 Å². The molecule has 8 aromatic carbocycles. The molecule has 3 nitrogen and oxygen atoms in total. The van der Waals surface area contributed by atoms with Crippen molar-refractivity contribution in [2.24, 2.45) is 0 Å². The molecule has 4 heteroatoms. The van der Waals surface area contributed by atoms with Crippen LogP contribution in [0.5, 0.6) is 0 Å². The van der Waals surface area contributed by atoms with Gasteiger partial charge in [0.2, 0.25) is 0 Å². The molecule has 0 bridgehead atoms. The fourth-order valence-electron chi connectivity index (χ4n) is 20.4. The molecule has 3 heterocycles. The maximum atomic E-state index is 2.89. The molecule has 462 valence electrons. The first-order valence-corrected chi connectivity index (χ1v) is 34.5. The number of fused-ring (bicyclic) bond motifs is 10. The van der Waals surface area contributed by atoms with E-state index in [-0.39, 0.29) is 61.0 Å². The van der Waals surface area contributed by atoms with Crippen molar-refractivity contribution in [3.05, 3.63) is 195 Å². The van der Waals surface area contributed by atoms with Crippen molar-refractivity contribution in [3.8, 4) is 22.3 Å². The smallest absolute Gasteiger partial charge is 0.252 e. The van der Waals surface area contributed by atoms with Gasteiger partial charge in [0, 0.05) is 50.8 Å². The maximum absolute atomic E-state index is 2.89. The molecule has 2 atom stereocenters. The van der Waals surface area contributed by atoms with E-state index in [1.807, 2.05) is 0 Å². The second-order valence-electron chi connectivity index (χ2n) is 36.0. The Morgan fingerprint density at radius 2 is 0.811 bits per heavy atom. The Morgan fingerprint density at radius 3 is 1.33 bits per heavy atom. The minimum Gasteiger partial charge on any atom is -0.334 e. The van der Waals surface area contributed by atoms with Gasteiger partial charge in [-0.1, -0.05) is 229 Å². The minimum atomic E-state index is -0.215. The molecule has 8 aromatic rings. The van der Waals surface area contributed by atoms with E-state index in [0.717, 1.165) is 32.1 Å². The summed E-state index contributed by atoms with van der Waals surface area (Å²) in [7, 11) is 0. The van der Waals surface area contributed by atoms with Gasteiger partial charge in [0.1, 0.15) is 0 Å². The third-order valence-corrected chi connectivity index (χ3v) is 24.6. The van der Waals surface area contributed by atoms with Crippen LogP contribution in [0.3, 0.4) is 0 Å². The molecule has 0 radical (unpaired) electrons. The van der Waals surface area contributed by atoms with Gasteiger partial charge in [-0.05, 0) is 233 Å². The average Bonchev–Trinajstić information content (AvgIpc) is 1.19. The van der Waals surface area contributed by atoms with Crippen LogP contribution in [0.4, 0.5) is 45.5 Å². The molecule has 3 aliphatic heterocycles. The van der Waals surface area contributed by atoms with Crippen molar-refractivity contribution < 1.29 is 0 Å². The summed E-state index contributed by atoms with van der Waals surface area (Å²) in [5, 5.41) is 0. The van der Waals surface area contributed by atoms with E-state index in [4.69, 9.17) is 0 Å². The number of rotatable bonds is 5. The predicted molar refractivity (Wildman–Crippen MR) is 388 cm³/mol. The van der Waals surface area contributed by atoms with E-state index in [1.165, 1.54) is 153 Å². The van der Waals surface area contributed by atoms with E-state index in [1.54, 1.807) is 0 Å². The van der Waals surface area contributed by atoms with E-state index in [0.29, 0.717) is 0 Å².